The van der Waals surface area contributed by atoms with Crippen LogP contribution >= 0.6 is 27.3 Å². The number of thiophene rings is 1. The molecule has 0 radical (unpaired) electrons. The van der Waals surface area contributed by atoms with Gasteiger partial charge in [0.25, 0.3) is 0 Å². The minimum absolute atomic E-state index is 0.117. The molecule has 6 heteroatoms. The molecule has 3 rings (SSSR count). The maximum Gasteiger partial charge on any atom is 0.341 e. The number of ether oxygens (including phenoxy) is 1. The molecule has 0 atom stereocenters. The number of fused-ring (bicyclic) bond motifs is 1. The van der Waals surface area contributed by atoms with Crippen LogP contribution in [0.2, 0.25) is 0 Å². The molecule has 0 saturated carbocycles. The van der Waals surface area contributed by atoms with E-state index in [9.17, 15) is 4.79 Å². The second-order valence-electron chi connectivity index (χ2n) is 8.32. The summed E-state index contributed by atoms with van der Waals surface area (Å²) in [4.78, 5) is 18.6. The highest BCUT2D eigenvalue weighted by Gasteiger charge is 2.41. The lowest BCUT2D eigenvalue weighted by atomic mass is 9.81. The summed E-state index contributed by atoms with van der Waals surface area (Å²) in [6.45, 7) is 10.8. The Hall–Kier alpha value is -1.76. The Kier molecular flexibility index (Phi) is 6.46. The topological polar surface area (TPSA) is 50.7 Å². The molecule has 4 nitrogen and oxygen atoms in total. The molecule has 1 N–H and O–H groups in total. The Labute approximate surface area is 185 Å². The second kappa shape index (κ2) is 8.54. The molecule has 0 saturated heterocycles. The van der Waals surface area contributed by atoms with Gasteiger partial charge in [0.2, 0.25) is 0 Å². The van der Waals surface area contributed by atoms with Gasteiger partial charge in [-0.3, -0.25) is 0 Å². The summed E-state index contributed by atoms with van der Waals surface area (Å²) in [5.41, 5.74) is 2.37. The van der Waals surface area contributed by atoms with E-state index in [2.05, 4.69) is 53.9 Å². The lowest BCUT2D eigenvalue weighted by molar-refractivity contribution is 0.0525. The maximum absolute atomic E-state index is 12.8. The third kappa shape index (κ3) is 5.05. The average molecular weight is 475 g/mol. The summed E-state index contributed by atoms with van der Waals surface area (Å²) < 4.78 is 6.21. The van der Waals surface area contributed by atoms with Crippen molar-refractivity contribution in [1.29, 1.82) is 0 Å². The molecule has 0 spiro atoms. The van der Waals surface area contributed by atoms with Gasteiger partial charge in [-0.2, -0.15) is 0 Å². The molecule has 1 aromatic carbocycles. The van der Waals surface area contributed by atoms with E-state index < -0.39 is 0 Å². The fourth-order valence-corrected chi connectivity index (χ4v) is 5.46. The van der Waals surface area contributed by atoms with Crippen molar-refractivity contribution in [3.63, 3.8) is 0 Å². The molecule has 2 heterocycles. The molecule has 29 heavy (non-hydrogen) atoms. The van der Waals surface area contributed by atoms with Gasteiger partial charge in [-0.05, 0) is 74.2 Å². The number of nitrogens with one attached hydrogen (secondary N) is 1. The number of aliphatic imine (C=N–C) groups is 1. The van der Waals surface area contributed by atoms with Crippen LogP contribution in [0.15, 0.2) is 39.8 Å². The molecule has 1 aliphatic rings. The zero-order chi connectivity index (χ0) is 21.2. The second-order valence-corrected chi connectivity index (χ2v) is 10.2. The molecule has 0 unspecified atom stereocenters. The summed E-state index contributed by atoms with van der Waals surface area (Å²) in [6, 6.07) is 10.0. The molecule has 0 bridgehead atoms. The lowest BCUT2D eigenvalue weighted by Crippen LogP contribution is -2.55. The summed E-state index contributed by atoms with van der Waals surface area (Å²) in [7, 11) is 0. The van der Waals surface area contributed by atoms with Crippen molar-refractivity contribution < 1.29 is 9.53 Å². The first-order chi connectivity index (χ1) is 13.6. The lowest BCUT2D eigenvalue weighted by Gasteiger charge is -2.42. The van der Waals surface area contributed by atoms with Crippen LogP contribution in [0.5, 0.6) is 0 Å². The van der Waals surface area contributed by atoms with Crippen molar-refractivity contribution >= 4 is 50.5 Å². The fraction of sp³-hybridized carbons (Fsp3) is 0.391. The first-order valence-electron chi connectivity index (χ1n) is 9.72. The molecule has 2 aromatic rings. The Morgan fingerprint density at radius 1 is 1.28 bits per heavy atom. The molecule has 0 aliphatic carbocycles. The van der Waals surface area contributed by atoms with Crippen molar-refractivity contribution in [1.82, 2.24) is 5.32 Å². The minimum Gasteiger partial charge on any atom is -0.462 e. The summed E-state index contributed by atoms with van der Waals surface area (Å²) in [5, 5.41) is 4.38. The molecule has 0 fully saturated rings. The minimum atomic E-state index is -0.297. The Morgan fingerprint density at radius 3 is 2.62 bits per heavy atom. The van der Waals surface area contributed by atoms with Gasteiger partial charge < -0.3 is 10.1 Å². The van der Waals surface area contributed by atoms with Gasteiger partial charge in [0.15, 0.2) is 0 Å². The summed E-state index contributed by atoms with van der Waals surface area (Å²) in [5.74, 6) is -0.297. The third-order valence-electron chi connectivity index (χ3n) is 4.71. The number of rotatable bonds is 5. The first-order valence-corrected chi connectivity index (χ1v) is 11.3. The smallest absolute Gasteiger partial charge is 0.341 e. The van der Waals surface area contributed by atoms with Gasteiger partial charge in [-0.25, -0.2) is 9.79 Å². The van der Waals surface area contributed by atoms with Crippen molar-refractivity contribution in [2.75, 3.05) is 6.61 Å². The summed E-state index contributed by atoms with van der Waals surface area (Å²) >= 11 is 5.13. The van der Waals surface area contributed by atoms with E-state index in [1.807, 2.05) is 43.3 Å². The van der Waals surface area contributed by atoms with E-state index in [1.54, 1.807) is 17.6 Å². The number of benzene rings is 1. The van der Waals surface area contributed by atoms with Crippen LogP contribution in [0.3, 0.4) is 0 Å². The van der Waals surface area contributed by atoms with Crippen LogP contribution < -0.4 is 5.32 Å². The van der Waals surface area contributed by atoms with Crippen molar-refractivity contribution in [3.8, 4) is 0 Å². The number of carbonyl (C=O) groups is 1. The predicted molar refractivity (Wildman–Crippen MR) is 126 cm³/mol. The van der Waals surface area contributed by atoms with Gasteiger partial charge in [0, 0.05) is 26.7 Å². The average Bonchev–Trinajstić information content (AvgIpc) is 2.98. The van der Waals surface area contributed by atoms with E-state index in [0.29, 0.717) is 17.2 Å². The van der Waals surface area contributed by atoms with Crippen LogP contribution in [0, 0.1) is 0 Å². The monoisotopic (exact) mass is 474 g/mol. The number of esters is 1. The number of hydrogen-bond acceptors (Lipinski definition) is 5. The van der Waals surface area contributed by atoms with Gasteiger partial charge in [-0.1, -0.05) is 30.3 Å². The first kappa shape index (κ1) is 21.9. The zero-order valence-corrected chi connectivity index (χ0v) is 19.9. The number of halogens is 1. The van der Waals surface area contributed by atoms with Crippen molar-refractivity contribution in [2.45, 2.75) is 52.1 Å². The number of carbonyl (C=O) groups excluding carboxylic acids is 1. The molecule has 154 valence electrons. The highest BCUT2D eigenvalue weighted by atomic mass is 79.9. The van der Waals surface area contributed by atoms with Crippen LogP contribution in [0.25, 0.3) is 6.08 Å². The molecule has 1 aromatic heterocycles. The van der Waals surface area contributed by atoms with Gasteiger partial charge in [-0.15, -0.1) is 11.3 Å². The third-order valence-corrected chi connectivity index (χ3v) is 6.61. The van der Waals surface area contributed by atoms with Gasteiger partial charge in [0.1, 0.15) is 5.00 Å². The Balaban J connectivity index is 2.04. The number of allylic oxidation sites excluding steroid dienone is 1. The Morgan fingerprint density at radius 2 is 1.97 bits per heavy atom. The zero-order valence-electron chi connectivity index (χ0n) is 17.5. The van der Waals surface area contributed by atoms with E-state index in [1.165, 1.54) is 0 Å². The standard InChI is InChI=1S/C23H27BrN2O2S/c1-6-28-21(27)18-17-13-22(2,3)26-23(4,5)19(17)29-20(18)25-14-16(24)12-15-10-8-7-9-11-15/h7-12,14,26H,6,13H2,1-5H3. The molecule has 0 amide bonds. The van der Waals surface area contributed by atoms with Crippen molar-refractivity contribution in [2.24, 2.45) is 4.99 Å². The summed E-state index contributed by atoms with van der Waals surface area (Å²) in [6.07, 6.45) is 4.50. The highest BCUT2D eigenvalue weighted by Crippen LogP contribution is 2.46. The largest absolute Gasteiger partial charge is 0.462 e. The molecular weight excluding hydrogens is 448 g/mol. The molecule has 1 aliphatic heterocycles. The Bertz CT molecular complexity index is 959. The number of hydrogen-bond donors (Lipinski definition) is 1. The van der Waals surface area contributed by atoms with E-state index in [-0.39, 0.29) is 17.0 Å². The predicted octanol–water partition coefficient (Wildman–Crippen LogP) is 6.22. The SMILES string of the molecule is CCOC(=O)c1c(N=CC(Br)=Cc2ccccc2)sc2c1CC(C)(C)NC2(C)C. The fourth-order valence-electron chi connectivity index (χ4n) is 3.88. The van der Waals surface area contributed by atoms with E-state index in [4.69, 9.17) is 4.74 Å². The maximum atomic E-state index is 12.8. The van der Waals surface area contributed by atoms with E-state index in [0.717, 1.165) is 26.9 Å². The highest BCUT2D eigenvalue weighted by molar-refractivity contribution is 9.12. The van der Waals surface area contributed by atoms with Crippen LogP contribution in [0.1, 0.15) is 61.0 Å². The van der Waals surface area contributed by atoms with Gasteiger partial charge >= 0.3 is 5.97 Å². The van der Waals surface area contributed by atoms with Crippen LogP contribution in [-0.4, -0.2) is 24.3 Å². The number of nitrogens with zero attached hydrogens (tertiary/aromatic N) is 1. The molecular formula is C23H27BrN2O2S. The van der Waals surface area contributed by atoms with E-state index >= 15 is 0 Å². The van der Waals surface area contributed by atoms with Crippen molar-refractivity contribution in [3.05, 3.63) is 56.4 Å². The quantitative estimate of drug-likeness (QED) is 0.413. The normalized spacial score (nSPS) is 17.9. The van der Waals surface area contributed by atoms with Crippen LogP contribution in [-0.2, 0) is 16.7 Å². The van der Waals surface area contributed by atoms with Crippen LogP contribution in [0.4, 0.5) is 5.00 Å². The van der Waals surface area contributed by atoms with Gasteiger partial charge in [0.05, 0.1) is 12.2 Å².